The fourth-order valence-corrected chi connectivity index (χ4v) is 1.81. The third-order valence-electron chi connectivity index (χ3n) is 2.70. The zero-order valence-corrected chi connectivity index (χ0v) is 14.0. The Bertz CT molecular complexity index is 223. The predicted octanol–water partition coefficient (Wildman–Crippen LogP) is 1.70. The Morgan fingerprint density at radius 3 is 2.82 bits per heavy atom. The quantitative estimate of drug-likeness (QED) is 0.438. The van der Waals surface area contributed by atoms with Crippen LogP contribution in [0.25, 0.3) is 0 Å². The Morgan fingerprint density at radius 2 is 2.29 bits per heavy atom. The summed E-state index contributed by atoms with van der Waals surface area (Å²) < 4.78 is 5.55. The van der Waals surface area contributed by atoms with E-state index < -0.39 is 0 Å². The first-order chi connectivity index (χ1) is 7.76. The number of nitrogens with zero attached hydrogens (tertiary/aromatic N) is 1. The summed E-state index contributed by atoms with van der Waals surface area (Å²) in [5, 5.41) is 7.20. The van der Waals surface area contributed by atoms with E-state index in [1.54, 1.807) is 7.05 Å². The molecule has 1 aliphatic heterocycles. The molecule has 0 bridgehead atoms. The van der Waals surface area contributed by atoms with Crippen LogP contribution in [0.3, 0.4) is 0 Å². The molecular formula is C11H24IN3OS. The Morgan fingerprint density at radius 1 is 1.53 bits per heavy atom. The molecule has 1 aliphatic rings. The van der Waals surface area contributed by atoms with Gasteiger partial charge in [0.25, 0.3) is 0 Å². The van der Waals surface area contributed by atoms with Gasteiger partial charge in [-0.2, -0.15) is 11.8 Å². The third-order valence-corrected chi connectivity index (χ3v) is 3.68. The largest absolute Gasteiger partial charge is 0.376 e. The van der Waals surface area contributed by atoms with Gasteiger partial charge in [0.15, 0.2) is 5.96 Å². The van der Waals surface area contributed by atoms with E-state index in [4.69, 9.17) is 4.74 Å². The van der Waals surface area contributed by atoms with Gasteiger partial charge in [-0.15, -0.1) is 24.0 Å². The van der Waals surface area contributed by atoms with Crippen LogP contribution >= 0.6 is 35.7 Å². The summed E-state index contributed by atoms with van der Waals surface area (Å²) in [6.45, 7) is 4.90. The van der Waals surface area contributed by atoms with Crippen LogP contribution in [0.2, 0.25) is 0 Å². The molecule has 2 N–H and O–H groups in total. The number of halogens is 1. The van der Waals surface area contributed by atoms with Crippen LogP contribution in [0.15, 0.2) is 4.99 Å². The lowest BCUT2D eigenvalue weighted by Gasteiger charge is -2.16. The number of nitrogens with one attached hydrogen (secondary N) is 2. The number of thioether (sulfide) groups is 1. The van der Waals surface area contributed by atoms with E-state index in [9.17, 15) is 0 Å². The molecule has 102 valence electrons. The van der Waals surface area contributed by atoms with E-state index in [2.05, 4.69) is 28.8 Å². The maximum absolute atomic E-state index is 5.55. The summed E-state index contributed by atoms with van der Waals surface area (Å²) in [4.78, 5) is 4.18. The van der Waals surface area contributed by atoms with Gasteiger partial charge in [-0.25, -0.2) is 0 Å². The summed E-state index contributed by atoms with van der Waals surface area (Å²) in [7, 11) is 1.80. The first-order valence-electron chi connectivity index (χ1n) is 5.85. The molecule has 1 saturated heterocycles. The molecule has 4 nitrogen and oxygen atoms in total. The zero-order chi connectivity index (χ0) is 11.8. The van der Waals surface area contributed by atoms with Crippen molar-refractivity contribution in [1.29, 1.82) is 0 Å². The van der Waals surface area contributed by atoms with Crippen LogP contribution in [-0.2, 0) is 4.74 Å². The number of hydrogen-bond donors (Lipinski definition) is 2. The number of aliphatic imine (C=N–C) groups is 1. The lowest BCUT2D eigenvalue weighted by atomic mass is 10.2. The van der Waals surface area contributed by atoms with Gasteiger partial charge in [0.05, 0.1) is 6.10 Å². The van der Waals surface area contributed by atoms with E-state index in [0.717, 1.165) is 32.1 Å². The van der Waals surface area contributed by atoms with E-state index in [-0.39, 0.29) is 24.0 Å². The Hall–Kier alpha value is 0.310. The minimum absolute atomic E-state index is 0. The molecule has 1 fully saturated rings. The summed E-state index contributed by atoms with van der Waals surface area (Å²) in [5.41, 5.74) is 0. The van der Waals surface area contributed by atoms with Crippen molar-refractivity contribution in [1.82, 2.24) is 10.6 Å². The van der Waals surface area contributed by atoms with E-state index in [1.165, 1.54) is 6.42 Å². The van der Waals surface area contributed by atoms with Crippen LogP contribution in [0.5, 0.6) is 0 Å². The maximum atomic E-state index is 5.55. The number of guanidine groups is 1. The smallest absolute Gasteiger partial charge is 0.191 e. The molecule has 2 unspecified atom stereocenters. The highest BCUT2D eigenvalue weighted by Crippen LogP contribution is 2.10. The minimum Gasteiger partial charge on any atom is -0.376 e. The lowest BCUT2D eigenvalue weighted by molar-refractivity contribution is 0.114. The van der Waals surface area contributed by atoms with Crippen molar-refractivity contribution in [3.63, 3.8) is 0 Å². The van der Waals surface area contributed by atoms with Crippen molar-refractivity contribution in [2.24, 2.45) is 4.99 Å². The Kier molecular flexibility index (Phi) is 10.4. The van der Waals surface area contributed by atoms with Crippen LogP contribution < -0.4 is 10.6 Å². The summed E-state index contributed by atoms with van der Waals surface area (Å²) in [5.74, 6) is 0.872. The van der Waals surface area contributed by atoms with Crippen LogP contribution in [0.4, 0.5) is 0 Å². The molecule has 0 aromatic heterocycles. The highest BCUT2D eigenvalue weighted by molar-refractivity contribution is 14.0. The first kappa shape index (κ1) is 17.3. The normalized spacial score (nSPS) is 21.8. The molecule has 2 atom stereocenters. The highest BCUT2D eigenvalue weighted by atomic mass is 127. The van der Waals surface area contributed by atoms with E-state index >= 15 is 0 Å². The Balaban J connectivity index is 0.00000256. The fraction of sp³-hybridized carbons (Fsp3) is 0.909. The Labute approximate surface area is 126 Å². The van der Waals surface area contributed by atoms with Gasteiger partial charge in [0.2, 0.25) is 0 Å². The van der Waals surface area contributed by atoms with Gasteiger partial charge in [0.1, 0.15) is 0 Å². The molecule has 0 saturated carbocycles. The van der Waals surface area contributed by atoms with Crippen LogP contribution in [0, 0.1) is 0 Å². The van der Waals surface area contributed by atoms with Crippen molar-refractivity contribution in [3.05, 3.63) is 0 Å². The van der Waals surface area contributed by atoms with Crippen molar-refractivity contribution in [3.8, 4) is 0 Å². The number of rotatable bonds is 5. The predicted molar refractivity (Wildman–Crippen MR) is 86.7 cm³/mol. The van der Waals surface area contributed by atoms with Crippen molar-refractivity contribution in [2.45, 2.75) is 31.1 Å². The standard InChI is InChI=1S/C11H23N3OS.HI/c1-9(16-3)7-13-11(12-2)14-8-10-5-4-6-15-10;/h9-10H,4-8H2,1-3H3,(H2,12,13,14);1H. The second-order valence-electron chi connectivity index (χ2n) is 4.02. The maximum Gasteiger partial charge on any atom is 0.191 e. The molecule has 1 rings (SSSR count). The lowest BCUT2D eigenvalue weighted by Crippen LogP contribution is -2.42. The molecule has 6 heteroatoms. The molecule has 0 spiro atoms. The summed E-state index contributed by atoms with van der Waals surface area (Å²) in [6.07, 6.45) is 4.82. The van der Waals surface area contributed by atoms with Crippen molar-refractivity contribution < 1.29 is 4.74 Å². The summed E-state index contributed by atoms with van der Waals surface area (Å²) >= 11 is 1.85. The van der Waals surface area contributed by atoms with Crippen molar-refractivity contribution in [2.75, 3.05) is 33.0 Å². The average Bonchev–Trinajstić information content (AvgIpc) is 2.81. The molecule has 17 heavy (non-hydrogen) atoms. The number of ether oxygens (including phenoxy) is 1. The molecule has 0 radical (unpaired) electrons. The van der Waals surface area contributed by atoms with Gasteiger partial charge in [-0.05, 0) is 19.1 Å². The van der Waals surface area contributed by atoms with Gasteiger partial charge < -0.3 is 15.4 Å². The molecular weight excluding hydrogens is 349 g/mol. The fourth-order valence-electron chi connectivity index (χ4n) is 1.56. The van der Waals surface area contributed by atoms with E-state index in [1.807, 2.05) is 11.8 Å². The first-order valence-corrected chi connectivity index (χ1v) is 7.14. The second kappa shape index (κ2) is 10.3. The second-order valence-corrected chi connectivity index (χ2v) is 5.29. The van der Waals surface area contributed by atoms with Crippen LogP contribution in [-0.4, -0.2) is 50.3 Å². The van der Waals surface area contributed by atoms with Gasteiger partial charge in [-0.1, -0.05) is 6.92 Å². The van der Waals surface area contributed by atoms with Crippen LogP contribution in [0.1, 0.15) is 19.8 Å². The molecule has 0 aromatic carbocycles. The monoisotopic (exact) mass is 373 g/mol. The zero-order valence-electron chi connectivity index (χ0n) is 10.9. The average molecular weight is 373 g/mol. The SMILES string of the molecule is CN=C(NCC1CCCO1)NCC(C)SC.I. The van der Waals surface area contributed by atoms with Crippen molar-refractivity contribution >= 4 is 41.7 Å². The highest BCUT2D eigenvalue weighted by Gasteiger charge is 2.15. The molecule has 0 aromatic rings. The van der Waals surface area contributed by atoms with Gasteiger partial charge >= 0.3 is 0 Å². The van der Waals surface area contributed by atoms with Gasteiger partial charge in [-0.3, -0.25) is 4.99 Å². The topological polar surface area (TPSA) is 45.7 Å². The third kappa shape index (κ3) is 7.35. The molecule has 0 amide bonds. The molecule has 0 aliphatic carbocycles. The summed E-state index contributed by atoms with van der Waals surface area (Å²) in [6, 6.07) is 0. The molecule has 1 heterocycles. The van der Waals surface area contributed by atoms with E-state index in [0.29, 0.717) is 11.4 Å². The van der Waals surface area contributed by atoms with Gasteiger partial charge in [0, 0.05) is 32.0 Å². The number of hydrogen-bond acceptors (Lipinski definition) is 3. The minimum atomic E-state index is 0.